The number of hydrogen-bond donors (Lipinski definition) is 3. The van der Waals surface area contributed by atoms with Gasteiger partial charge in [0.1, 0.15) is 0 Å². The quantitative estimate of drug-likeness (QED) is 0.0570. The van der Waals surface area contributed by atoms with Crippen molar-refractivity contribution in [2.24, 2.45) is 0 Å². The first-order valence-electron chi connectivity index (χ1n) is 17.7. The molecule has 0 spiro atoms. The molecule has 0 aromatic heterocycles. The van der Waals surface area contributed by atoms with Crippen LogP contribution >= 0.6 is 0 Å². The van der Waals surface area contributed by atoms with Gasteiger partial charge in [-0.1, -0.05) is 145 Å². The van der Waals surface area contributed by atoms with E-state index in [9.17, 15) is 15.0 Å². The molecule has 3 N–H and O–H groups in total. The van der Waals surface area contributed by atoms with Crippen LogP contribution in [0.3, 0.4) is 0 Å². The lowest BCUT2D eigenvalue weighted by Gasteiger charge is -2.19. The average Bonchev–Trinajstić information content (AvgIpc) is 3.01. The first-order chi connectivity index (χ1) is 21.2. The Hall–Kier alpha value is -2.17. The Morgan fingerprint density at radius 2 is 1.05 bits per heavy atom. The highest BCUT2D eigenvalue weighted by atomic mass is 16.3. The van der Waals surface area contributed by atoms with Crippen molar-refractivity contribution in [2.45, 2.75) is 161 Å². The van der Waals surface area contributed by atoms with Gasteiger partial charge >= 0.3 is 0 Å². The van der Waals surface area contributed by atoms with Crippen molar-refractivity contribution in [3.05, 3.63) is 72.9 Å². The first kappa shape index (κ1) is 40.8. The van der Waals surface area contributed by atoms with Crippen LogP contribution in [0.25, 0.3) is 0 Å². The molecular formula is C39H67NO3. The number of aliphatic hydroxyl groups excluding tert-OH is 2. The van der Waals surface area contributed by atoms with Gasteiger partial charge in [0.05, 0.1) is 18.8 Å². The smallest absolute Gasteiger partial charge is 0.220 e. The Morgan fingerprint density at radius 1 is 0.581 bits per heavy atom. The van der Waals surface area contributed by atoms with Gasteiger partial charge in [0.15, 0.2) is 0 Å². The maximum absolute atomic E-state index is 12.3. The van der Waals surface area contributed by atoms with Crippen LogP contribution < -0.4 is 5.32 Å². The molecular weight excluding hydrogens is 530 g/mol. The van der Waals surface area contributed by atoms with E-state index in [-0.39, 0.29) is 12.5 Å². The molecule has 0 aromatic rings. The summed E-state index contributed by atoms with van der Waals surface area (Å²) in [4.78, 5) is 12.3. The average molecular weight is 598 g/mol. The van der Waals surface area contributed by atoms with Crippen molar-refractivity contribution in [1.29, 1.82) is 0 Å². The molecule has 4 nitrogen and oxygen atoms in total. The molecule has 0 aromatic carbocycles. The molecule has 0 radical (unpaired) electrons. The number of carbonyl (C=O) groups excluding carboxylic acids is 1. The number of hydrogen-bond acceptors (Lipinski definition) is 3. The van der Waals surface area contributed by atoms with Gasteiger partial charge < -0.3 is 15.5 Å². The molecule has 0 heterocycles. The minimum Gasteiger partial charge on any atom is -0.394 e. The second kappa shape index (κ2) is 34.3. The molecule has 0 aliphatic heterocycles. The molecule has 4 heteroatoms. The van der Waals surface area contributed by atoms with Gasteiger partial charge in [0.25, 0.3) is 0 Å². The Bertz CT molecular complexity index is 777. The summed E-state index contributed by atoms with van der Waals surface area (Å²) in [6.07, 6.45) is 48.4. The van der Waals surface area contributed by atoms with E-state index in [1.165, 1.54) is 64.2 Å². The summed E-state index contributed by atoms with van der Waals surface area (Å²) < 4.78 is 0. The van der Waals surface area contributed by atoms with Crippen molar-refractivity contribution in [1.82, 2.24) is 5.32 Å². The first-order valence-corrected chi connectivity index (χ1v) is 17.7. The Labute approximate surface area is 266 Å². The van der Waals surface area contributed by atoms with Gasteiger partial charge in [-0.15, -0.1) is 0 Å². The number of rotatable bonds is 30. The third-order valence-electron chi connectivity index (χ3n) is 7.42. The predicted molar refractivity (Wildman–Crippen MR) is 188 cm³/mol. The molecule has 2 atom stereocenters. The molecule has 0 aliphatic rings. The molecule has 1 amide bonds. The summed E-state index contributed by atoms with van der Waals surface area (Å²) in [5, 5.41) is 22.8. The molecule has 0 saturated heterocycles. The van der Waals surface area contributed by atoms with Crippen LogP contribution in [0, 0.1) is 0 Å². The minimum atomic E-state index is -0.881. The van der Waals surface area contributed by atoms with Crippen molar-refractivity contribution in [3.63, 3.8) is 0 Å². The van der Waals surface area contributed by atoms with Crippen molar-refractivity contribution in [3.8, 4) is 0 Å². The van der Waals surface area contributed by atoms with Crippen LogP contribution in [-0.2, 0) is 4.79 Å². The van der Waals surface area contributed by atoms with E-state index in [0.717, 1.165) is 64.2 Å². The van der Waals surface area contributed by atoms with Crippen LogP contribution in [0.2, 0.25) is 0 Å². The topological polar surface area (TPSA) is 69.6 Å². The van der Waals surface area contributed by atoms with Gasteiger partial charge in [0.2, 0.25) is 5.91 Å². The van der Waals surface area contributed by atoms with Crippen LogP contribution in [0.15, 0.2) is 72.9 Å². The molecule has 0 fully saturated rings. The molecule has 0 bridgehead atoms. The highest BCUT2D eigenvalue weighted by Gasteiger charge is 2.17. The predicted octanol–water partition coefficient (Wildman–Crippen LogP) is 10.4. The lowest BCUT2D eigenvalue weighted by atomic mass is 10.1. The van der Waals surface area contributed by atoms with Crippen LogP contribution in [0.4, 0.5) is 0 Å². The monoisotopic (exact) mass is 598 g/mol. The normalized spacial score (nSPS) is 14.0. The second-order valence-corrected chi connectivity index (χ2v) is 11.5. The highest BCUT2D eigenvalue weighted by molar-refractivity contribution is 5.76. The van der Waals surface area contributed by atoms with E-state index < -0.39 is 12.1 Å². The third-order valence-corrected chi connectivity index (χ3v) is 7.42. The summed E-state index contributed by atoms with van der Waals surface area (Å²) in [7, 11) is 0. The van der Waals surface area contributed by atoms with Gasteiger partial charge in [0, 0.05) is 6.42 Å². The summed E-state index contributed by atoms with van der Waals surface area (Å²) >= 11 is 0. The van der Waals surface area contributed by atoms with E-state index >= 15 is 0 Å². The maximum atomic E-state index is 12.3. The Kier molecular flexibility index (Phi) is 32.6. The fourth-order valence-electron chi connectivity index (χ4n) is 4.71. The zero-order valence-electron chi connectivity index (χ0n) is 27.9. The number of aliphatic hydroxyl groups is 2. The minimum absolute atomic E-state index is 0.119. The summed E-state index contributed by atoms with van der Waals surface area (Å²) in [6, 6.07) is -0.662. The zero-order valence-corrected chi connectivity index (χ0v) is 27.9. The Morgan fingerprint density at radius 3 is 1.63 bits per heavy atom. The van der Waals surface area contributed by atoms with Crippen LogP contribution in [0.5, 0.6) is 0 Å². The second-order valence-electron chi connectivity index (χ2n) is 11.5. The maximum Gasteiger partial charge on any atom is 0.220 e. The molecule has 2 unspecified atom stereocenters. The molecule has 0 rings (SSSR count). The molecule has 246 valence electrons. The lowest BCUT2D eigenvalue weighted by Crippen LogP contribution is -2.45. The highest BCUT2D eigenvalue weighted by Crippen LogP contribution is 2.12. The number of nitrogens with one attached hydrogen (secondary N) is 1. The van der Waals surface area contributed by atoms with Crippen molar-refractivity contribution in [2.75, 3.05) is 6.61 Å². The standard InChI is InChI=1S/C39H67NO3/c1-3-5-7-9-11-13-15-17-19-21-22-24-26-28-30-32-34-38(42)37(36-41)40-39(43)35-33-31-29-27-25-23-20-18-16-14-12-10-8-6-4-2/h6,8,12,14,18,20,24-27,32,34,37-38,41-42H,3-5,7,9-11,13,15-17,19,21-23,28-31,33,35-36H2,1-2H3,(H,40,43)/b8-6-,14-12-,20-18-,26-24+,27-25-,34-32+. The summed E-state index contributed by atoms with van der Waals surface area (Å²) in [5.74, 6) is -0.119. The van der Waals surface area contributed by atoms with Crippen LogP contribution in [0.1, 0.15) is 149 Å². The summed E-state index contributed by atoms with van der Waals surface area (Å²) in [6.45, 7) is 4.13. The van der Waals surface area contributed by atoms with E-state index in [4.69, 9.17) is 0 Å². The molecule has 0 aliphatic carbocycles. The fraction of sp³-hybridized carbons (Fsp3) is 0.667. The van der Waals surface area contributed by atoms with E-state index in [1.54, 1.807) is 6.08 Å². The van der Waals surface area contributed by atoms with Gasteiger partial charge in [-0.05, 0) is 70.6 Å². The molecule has 0 saturated carbocycles. The number of carbonyl (C=O) groups is 1. The molecule has 43 heavy (non-hydrogen) atoms. The zero-order chi connectivity index (χ0) is 31.5. The SMILES string of the molecule is CC/C=C\C/C=C\C/C=C\C/C=C\CCCCC(=O)NC(CO)C(O)/C=C/CC/C=C/CCCCCCCCCCCC. The third kappa shape index (κ3) is 31.1. The van der Waals surface area contributed by atoms with E-state index in [0.29, 0.717) is 6.42 Å². The fourth-order valence-corrected chi connectivity index (χ4v) is 4.71. The summed E-state index contributed by atoms with van der Waals surface area (Å²) in [5.41, 5.74) is 0. The van der Waals surface area contributed by atoms with Crippen molar-refractivity contribution >= 4 is 5.91 Å². The van der Waals surface area contributed by atoms with E-state index in [1.807, 2.05) is 6.08 Å². The van der Waals surface area contributed by atoms with E-state index in [2.05, 4.69) is 79.9 Å². The van der Waals surface area contributed by atoms with Gasteiger partial charge in [-0.2, -0.15) is 0 Å². The van der Waals surface area contributed by atoms with Crippen LogP contribution in [-0.4, -0.2) is 34.9 Å². The number of unbranched alkanes of at least 4 members (excludes halogenated alkanes) is 13. The lowest BCUT2D eigenvalue weighted by molar-refractivity contribution is -0.123. The van der Waals surface area contributed by atoms with Crippen molar-refractivity contribution < 1.29 is 15.0 Å². The largest absolute Gasteiger partial charge is 0.394 e. The number of allylic oxidation sites excluding steroid dienone is 11. The number of amides is 1. The Balaban J connectivity index is 3.80. The van der Waals surface area contributed by atoms with Gasteiger partial charge in [-0.25, -0.2) is 0 Å². The van der Waals surface area contributed by atoms with Gasteiger partial charge in [-0.3, -0.25) is 4.79 Å².